The van der Waals surface area contributed by atoms with Gasteiger partial charge in [-0.3, -0.25) is 0 Å². The van der Waals surface area contributed by atoms with Gasteiger partial charge in [-0.2, -0.15) is 0 Å². The molecule has 4 unspecified atom stereocenters. The maximum atomic E-state index is 6.78. The van der Waals surface area contributed by atoms with E-state index < -0.39 is 0 Å². The minimum absolute atomic E-state index is 0.162. The lowest BCUT2D eigenvalue weighted by molar-refractivity contribution is 0.0789. The fourth-order valence-electron chi connectivity index (χ4n) is 5.39. The van der Waals surface area contributed by atoms with Crippen LogP contribution < -0.4 is 22.9 Å². The molecule has 2 aliphatic carbocycles. The van der Waals surface area contributed by atoms with Gasteiger partial charge in [0.1, 0.15) is 0 Å². The summed E-state index contributed by atoms with van der Waals surface area (Å²) in [6, 6.07) is 0.543. The molecule has 0 saturated heterocycles. The molecule has 0 heterocycles. The third kappa shape index (κ3) is 3.61. The Kier molecular flexibility index (Phi) is 4.75. The van der Waals surface area contributed by atoms with Gasteiger partial charge in [-0.25, -0.2) is 0 Å². The van der Waals surface area contributed by atoms with Gasteiger partial charge in [0.25, 0.3) is 0 Å². The van der Waals surface area contributed by atoms with Crippen LogP contribution in [0.15, 0.2) is 0 Å². The van der Waals surface area contributed by atoms with E-state index in [2.05, 4.69) is 27.7 Å². The quantitative estimate of drug-likeness (QED) is 0.620. The molecule has 0 amide bonds. The summed E-state index contributed by atoms with van der Waals surface area (Å²) in [6.45, 7) is 8.92. The van der Waals surface area contributed by atoms with Crippen molar-refractivity contribution >= 4 is 0 Å². The van der Waals surface area contributed by atoms with Gasteiger partial charge in [0.05, 0.1) is 0 Å². The summed E-state index contributed by atoms with van der Waals surface area (Å²) < 4.78 is 0. The fraction of sp³-hybridized carbons (Fsp3) is 1.00. The van der Waals surface area contributed by atoms with Crippen molar-refractivity contribution in [2.75, 3.05) is 0 Å². The zero-order valence-corrected chi connectivity index (χ0v) is 14.3. The summed E-state index contributed by atoms with van der Waals surface area (Å²) in [5.74, 6) is 1.90. The molecule has 0 aromatic rings. The van der Waals surface area contributed by atoms with Crippen LogP contribution >= 0.6 is 0 Å². The Hall–Kier alpha value is -0.160. The molecule has 4 atom stereocenters. The summed E-state index contributed by atoms with van der Waals surface area (Å²) in [6.07, 6.45) is 4.87. The summed E-state index contributed by atoms with van der Waals surface area (Å²) >= 11 is 0. The van der Waals surface area contributed by atoms with E-state index in [-0.39, 0.29) is 23.2 Å². The maximum Gasteiger partial charge on any atom is 0.0178 e. The van der Waals surface area contributed by atoms with Crippen molar-refractivity contribution in [2.24, 2.45) is 46.6 Å². The molecule has 2 aliphatic rings. The molecular weight excluding hydrogens is 260 g/mol. The molecule has 124 valence electrons. The van der Waals surface area contributed by atoms with E-state index in [4.69, 9.17) is 22.9 Å². The molecular formula is C17H36N4. The molecule has 21 heavy (non-hydrogen) atoms. The van der Waals surface area contributed by atoms with E-state index in [1.165, 1.54) is 0 Å². The zero-order valence-electron chi connectivity index (χ0n) is 14.3. The average Bonchev–Trinajstić information content (AvgIpc) is 2.32. The first-order valence-corrected chi connectivity index (χ1v) is 8.64. The second-order valence-corrected chi connectivity index (χ2v) is 8.78. The molecule has 0 spiro atoms. The second kappa shape index (κ2) is 5.80. The van der Waals surface area contributed by atoms with Gasteiger partial charge >= 0.3 is 0 Å². The van der Waals surface area contributed by atoms with E-state index in [1.54, 1.807) is 0 Å². The first kappa shape index (κ1) is 17.2. The zero-order chi connectivity index (χ0) is 16.0. The normalized spacial score (nSPS) is 55.4. The Morgan fingerprint density at radius 2 is 0.905 bits per heavy atom. The Morgan fingerprint density at radius 3 is 1.14 bits per heavy atom. The van der Waals surface area contributed by atoms with Crippen molar-refractivity contribution in [1.82, 2.24) is 0 Å². The summed E-state index contributed by atoms with van der Waals surface area (Å²) in [4.78, 5) is 0. The van der Waals surface area contributed by atoms with E-state index in [1.807, 2.05) is 0 Å². The highest BCUT2D eigenvalue weighted by Crippen LogP contribution is 2.43. The number of nitrogens with two attached hydrogens (primary N) is 4. The van der Waals surface area contributed by atoms with Crippen LogP contribution in [0.1, 0.15) is 59.8 Å². The fourth-order valence-corrected chi connectivity index (χ4v) is 5.39. The third-order valence-corrected chi connectivity index (χ3v) is 6.25. The topological polar surface area (TPSA) is 104 Å². The molecule has 2 saturated carbocycles. The molecule has 0 aromatic heterocycles. The monoisotopic (exact) mass is 296 g/mol. The maximum absolute atomic E-state index is 6.78. The molecule has 0 bridgehead atoms. The van der Waals surface area contributed by atoms with Crippen LogP contribution in [0.25, 0.3) is 0 Å². The highest BCUT2D eigenvalue weighted by molar-refractivity contribution is 5.06. The van der Waals surface area contributed by atoms with E-state index in [0.717, 1.165) is 32.1 Å². The van der Waals surface area contributed by atoms with Gasteiger partial charge in [-0.05, 0) is 55.8 Å². The highest BCUT2D eigenvalue weighted by Gasteiger charge is 2.46. The Bertz CT molecular complexity index is 312. The lowest BCUT2D eigenvalue weighted by atomic mass is 9.60. The van der Waals surface area contributed by atoms with Gasteiger partial charge in [-0.1, -0.05) is 27.7 Å². The van der Waals surface area contributed by atoms with E-state index in [9.17, 15) is 0 Å². The van der Waals surface area contributed by atoms with Crippen molar-refractivity contribution in [3.05, 3.63) is 0 Å². The van der Waals surface area contributed by atoms with Crippen molar-refractivity contribution in [1.29, 1.82) is 0 Å². The van der Waals surface area contributed by atoms with Gasteiger partial charge < -0.3 is 22.9 Å². The van der Waals surface area contributed by atoms with Gasteiger partial charge in [0.2, 0.25) is 0 Å². The van der Waals surface area contributed by atoms with Crippen LogP contribution in [0.2, 0.25) is 0 Å². The lowest BCUT2D eigenvalue weighted by Crippen LogP contribution is -2.62. The molecule has 0 aliphatic heterocycles. The minimum atomic E-state index is -0.162. The average molecular weight is 297 g/mol. The van der Waals surface area contributed by atoms with E-state index in [0.29, 0.717) is 23.7 Å². The molecule has 8 N–H and O–H groups in total. The Balaban J connectivity index is 2.09. The van der Waals surface area contributed by atoms with Crippen LogP contribution in [0.5, 0.6) is 0 Å². The highest BCUT2D eigenvalue weighted by atomic mass is 14.9. The summed E-state index contributed by atoms with van der Waals surface area (Å²) in [7, 11) is 0. The molecule has 0 radical (unpaired) electrons. The first-order chi connectivity index (χ1) is 9.55. The standard InChI is InChI=1S/C17H36N4/c1-10-5-16(20,6-11(2)14(10)18)9-17(21)7-12(3)15(19)13(4)8-17/h10-15H,5-9,18-21H2,1-4H3. The largest absolute Gasteiger partial charge is 0.327 e. The van der Waals surface area contributed by atoms with Crippen molar-refractivity contribution in [2.45, 2.75) is 83.0 Å². The van der Waals surface area contributed by atoms with E-state index >= 15 is 0 Å². The third-order valence-electron chi connectivity index (χ3n) is 6.25. The molecule has 0 aromatic carbocycles. The first-order valence-electron chi connectivity index (χ1n) is 8.64. The predicted octanol–water partition coefficient (Wildman–Crippen LogP) is 1.56. The van der Waals surface area contributed by atoms with Crippen LogP contribution in [0.4, 0.5) is 0 Å². The van der Waals surface area contributed by atoms with Crippen molar-refractivity contribution < 1.29 is 0 Å². The molecule has 4 heteroatoms. The number of hydrogen-bond donors (Lipinski definition) is 4. The minimum Gasteiger partial charge on any atom is -0.327 e. The predicted molar refractivity (Wildman–Crippen MR) is 89.5 cm³/mol. The second-order valence-electron chi connectivity index (χ2n) is 8.78. The van der Waals surface area contributed by atoms with Crippen LogP contribution in [0.3, 0.4) is 0 Å². The Labute approximate surface area is 130 Å². The van der Waals surface area contributed by atoms with Crippen LogP contribution in [-0.4, -0.2) is 23.2 Å². The molecule has 2 rings (SSSR count). The molecule has 4 nitrogen and oxygen atoms in total. The number of rotatable bonds is 2. The smallest absolute Gasteiger partial charge is 0.0178 e. The summed E-state index contributed by atoms with van der Waals surface area (Å²) in [5, 5.41) is 0. The van der Waals surface area contributed by atoms with Crippen LogP contribution in [0, 0.1) is 23.7 Å². The lowest BCUT2D eigenvalue weighted by Gasteiger charge is -2.51. The van der Waals surface area contributed by atoms with Crippen molar-refractivity contribution in [3.63, 3.8) is 0 Å². The SMILES string of the molecule is CC1CC(N)(CC2(N)CC(C)C(N)C(C)C2)CC(C)C1N. The van der Waals surface area contributed by atoms with Crippen LogP contribution in [-0.2, 0) is 0 Å². The van der Waals surface area contributed by atoms with Crippen molar-refractivity contribution in [3.8, 4) is 0 Å². The Morgan fingerprint density at radius 1 is 0.667 bits per heavy atom. The molecule has 2 fully saturated rings. The van der Waals surface area contributed by atoms with Gasteiger partial charge in [0.15, 0.2) is 0 Å². The van der Waals surface area contributed by atoms with Gasteiger partial charge in [0, 0.05) is 23.2 Å². The number of hydrogen-bond acceptors (Lipinski definition) is 4. The van der Waals surface area contributed by atoms with Gasteiger partial charge in [-0.15, -0.1) is 0 Å². The summed E-state index contributed by atoms with van der Waals surface area (Å²) in [5.41, 5.74) is 25.8.